The van der Waals surface area contributed by atoms with Gasteiger partial charge in [0.2, 0.25) is 5.78 Å². The van der Waals surface area contributed by atoms with Crippen molar-refractivity contribution >= 4 is 50.4 Å². The van der Waals surface area contributed by atoms with Crippen LogP contribution in [0, 0.1) is 0 Å². The minimum atomic E-state index is -0.0459. The Morgan fingerprint density at radius 1 is 1.11 bits per heavy atom. The molecule has 0 unspecified atom stereocenters. The van der Waals surface area contributed by atoms with E-state index in [0.29, 0.717) is 16.2 Å². The number of nitrogens with zero attached hydrogens (tertiary/aromatic N) is 7. The summed E-state index contributed by atoms with van der Waals surface area (Å²) in [6, 6.07) is 6.00. The quantitative estimate of drug-likeness (QED) is 0.399. The molecule has 8 nitrogen and oxygen atoms in total. The average Bonchev–Trinajstić information content (AvgIpc) is 3.48. The van der Waals surface area contributed by atoms with Gasteiger partial charge >= 0.3 is 0 Å². The SMILES string of the molecule is CCn1c(SCc2nnc3n(C)c(=O)c4sccc4n23)nnc1-c1cccs1. The van der Waals surface area contributed by atoms with E-state index < -0.39 is 0 Å². The summed E-state index contributed by atoms with van der Waals surface area (Å²) >= 11 is 4.66. The van der Waals surface area contributed by atoms with E-state index in [0.717, 1.165) is 33.7 Å². The molecule has 0 aliphatic heterocycles. The molecule has 0 saturated carbocycles. The summed E-state index contributed by atoms with van der Waals surface area (Å²) in [7, 11) is 1.73. The molecule has 0 atom stereocenters. The van der Waals surface area contributed by atoms with Crippen LogP contribution in [0.4, 0.5) is 0 Å². The minimum Gasteiger partial charge on any atom is -0.302 e. The third-order valence-electron chi connectivity index (χ3n) is 4.50. The van der Waals surface area contributed by atoms with Crippen molar-refractivity contribution in [2.45, 2.75) is 24.4 Å². The Balaban J connectivity index is 1.53. The summed E-state index contributed by atoms with van der Waals surface area (Å²) in [5.74, 6) is 2.78. The highest BCUT2D eigenvalue weighted by Crippen LogP contribution is 2.29. The maximum absolute atomic E-state index is 12.5. The van der Waals surface area contributed by atoms with E-state index in [9.17, 15) is 4.79 Å². The Morgan fingerprint density at radius 3 is 2.79 bits per heavy atom. The molecule has 0 bridgehead atoms. The smallest absolute Gasteiger partial charge is 0.272 e. The van der Waals surface area contributed by atoms with Crippen molar-refractivity contribution in [1.82, 2.24) is 33.9 Å². The normalized spacial score (nSPS) is 11.8. The van der Waals surface area contributed by atoms with E-state index in [1.165, 1.54) is 11.3 Å². The highest BCUT2D eigenvalue weighted by molar-refractivity contribution is 7.98. The van der Waals surface area contributed by atoms with E-state index in [1.54, 1.807) is 34.7 Å². The van der Waals surface area contributed by atoms with Gasteiger partial charge in [0.25, 0.3) is 5.56 Å². The first-order valence-corrected chi connectivity index (χ1v) is 11.3. The first kappa shape index (κ1) is 17.6. The van der Waals surface area contributed by atoms with Crippen LogP contribution >= 0.6 is 34.4 Å². The van der Waals surface area contributed by atoms with E-state index in [-0.39, 0.29) is 5.56 Å². The maximum Gasteiger partial charge on any atom is 0.272 e. The number of aromatic nitrogens is 7. The Labute approximate surface area is 171 Å². The number of thiophene rings is 2. The number of fused-ring (bicyclic) bond motifs is 3. The molecule has 5 rings (SSSR count). The van der Waals surface area contributed by atoms with E-state index in [1.807, 2.05) is 27.3 Å². The fourth-order valence-electron chi connectivity index (χ4n) is 3.14. The molecule has 0 radical (unpaired) electrons. The lowest BCUT2D eigenvalue weighted by Crippen LogP contribution is -2.19. The van der Waals surface area contributed by atoms with E-state index >= 15 is 0 Å². The fourth-order valence-corrected chi connectivity index (χ4v) is 5.63. The highest BCUT2D eigenvalue weighted by Gasteiger charge is 2.18. The molecule has 0 N–H and O–H groups in total. The van der Waals surface area contributed by atoms with E-state index in [2.05, 4.69) is 38.0 Å². The molecule has 28 heavy (non-hydrogen) atoms. The summed E-state index contributed by atoms with van der Waals surface area (Å²) in [6.07, 6.45) is 0. The monoisotopic (exact) mass is 429 g/mol. The topological polar surface area (TPSA) is 82.9 Å². The second kappa shape index (κ2) is 6.83. The lowest BCUT2D eigenvalue weighted by atomic mass is 10.4. The van der Waals surface area contributed by atoms with Crippen molar-refractivity contribution in [2.75, 3.05) is 0 Å². The highest BCUT2D eigenvalue weighted by atomic mass is 32.2. The van der Waals surface area contributed by atoms with Gasteiger partial charge in [-0.25, -0.2) is 0 Å². The van der Waals surface area contributed by atoms with Crippen molar-refractivity contribution in [1.29, 1.82) is 0 Å². The number of hydrogen-bond donors (Lipinski definition) is 0. The third kappa shape index (κ3) is 2.61. The first-order valence-electron chi connectivity index (χ1n) is 8.59. The van der Waals surface area contributed by atoms with E-state index in [4.69, 9.17) is 0 Å². The number of thioether (sulfide) groups is 1. The standard InChI is InChI=1S/C17H15N7OS3/c1-3-23-14(11-5-4-7-26-11)19-21-17(23)28-9-12-18-20-16-22(2)15(25)13-10(24(12)16)6-8-27-13/h4-8H,3,9H2,1-2H3. The minimum absolute atomic E-state index is 0.0459. The van der Waals surface area contributed by atoms with Crippen molar-refractivity contribution in [2.24, 2.45) is 7.05 Å². The molecule has 0 saturated heterocycles. The van der Waals surface area contributed by atoms with Crippen LogP contribution in [0.5, 0.6) is 0 Å². The Hall–Kier alpha value is -2.50. The third-order valence-corrected chi connectivity index (χ3v) is 7.22. The summed E-state index contributed by atoms with van der Waals surface area (Å²) in [5.41, 5.74) is 0.801. The summed E-state index contributed by atoms with van der Waals surface area (Å²) < 4.78 is 6.31. The molecule has 5 heterocycles. The van der Waals surface area contributed by atoms with Gasteiger partial charge < -0.3 is 4.57 Å². The van der Waals surface area contributed by atoms with Crippen LogP contribution < -0.4 is 5.56 Å². The molecular formula is C17H15N7OS3. The number of rotatable bonds is 5. The average molecular weight is 430 g/mol. The second-order valence-corrected chi connectivity index (χ2v) is 8.87. The van der Waals surface area contributed by atoms with Crippen LogP contribution in [0.15, 0.2) is 38.9 Å². The lowest BCUT2D eigenvalue weighted by Gasteiger charge is -2.06. The summed E-state index contributed by atoms with van der Waals surface area (Å²) in [6.45, 7) is 2.87. The molecule has 0 fully saturated rings. The van der Waals surface area contributed by atoms with Crippen LogP contribution in [0.3, 0.4) is 0 Å². The molecular weight excluding hydrogens is 414 g/mol. The van der Waals surface area contributed by atoms with Crippen LogP contribution in [-0.2, 0) is 19.3 Å². The zero-order valence-corrected chi connectivity index (χ0v) is 17.5. The van der Waals surface area contributed by atoms with Crippen molar-refractivity contribution < 1.29 is 0 Å². The summed E-state index contributed by atoms with van der Waals surface area (Å²) in [5, 5.41) is 22.1. The molecule has 5 aromatic rings. The number of hydrogen-bond acceptors (Lipinski definition) is 8. The van der Waals surface area contributed by atoms with Gasteiger partial charge in [0.15, 0.2) is 11.0 Å². The lowest BCUT2D eigenvalue weighted by molar-refractivity contribution is 0.687. The van der Waals surface area contributed by atoms with Crippen LogP contribution in [0.1, 0.15) is 12.7 Å². The predicted molar refractivity (Wildman–Crippen MR) is 112 cm³/mol. The van der Waals surface area contributed by atoms with Gasteiger partial charge in [-0.05, 0) is 29.8 Å². The summed E-state index contributed by atoms with van der Waals surface area (Å²) in [4.78, 5) is 13.6. The van der Waals surface area contributed by atoms with Gasteiger partial charge in [-0.15, -0.1) is 43.1 Å². The van der Waals surface area contributed by atoms with Crippen molar-refractivity contribution in [3.05, 3.63) is 45.1 Å². The molecule has 0 aliphatic carbocycles. The molecule has 0 amide bonds. The van der Waals surface area contributed by atoms with Crippen LogP contribution in [0.2, 0.25) is 0 Å². The maximum atomic E-state index is 12.5. The predicted octanol–water partition coefficient (Wildman–Crippen LogP) is 3.27. The molecule has 142 valence electrons. The van der Waals surface area contributed by atoms with Crippen LogP contribution in [0.25, 0.3) is 26.7 Å². The zero-order chi connectivity index (χ0) is 19.3. The van der Waals surface area contributed by atoms with Gasteiger partial charge in [-0.3, -0.25) is 13.8 Å². The molecule has 0 spiro atoms. The molecule has 5 aromatic heterocycles. The van der Waals surface area contributed by atoms with Crippen molar-refractivity contribution in [3.8, 4) is 10.7 Å². The first-order chi connectivity index (χ1) is 13.7. The van der Waals surface area contributed by atoms with Gasteiger partial charge in [0.05, 0.1) is 16.1 Å². The van der Waals surface area contributed by atoms with Gasteiger partial charge in [0, 0.05) is 13.6 Å². The van der Waals surface area contributed by atoms with Gasteiger partial charge in [-0.1, -0.05) is 17.8 Å². The zero-order valence-electron chi connectivity index (χ0n) is 15.1. The number of aryl methyl sites for hydroxylation is 1. The fraction of sp³-hybridized carbons (Fsp3) is 0.235. The van der Waals surface area contributed by atoms with Gasteiger partial charge in [-0.2, -0.15) is 0 Å². The molecule has 11 heteroatoms. The Morgan fingerprint density at radius 2 is 2.00 bits per heavy atom. The Kier molecular flexibility index (Phi) is 4.29. The van der Waals surface area contributed by atoms with Crippen LogP contribution in [-0.4, -0.2) is 33.9 Å². The largest absolute Gasteiger partial charge is 0.302 e. The Bertz CT molecular complexity index is 1340. The van der Waals surface area contributed by atoms with Crippen molar-refractivity contribution in [3.63, 3.8) is 0 Å². The molecule has 0 aliphatic rings. The van der Waals surface area contributed by atoms with Gasteiger partial charge in [0.1, 0.15) is 10.5 Å². The second-order valence-electron chi connectivity index (χ2n) is 6.07. The molecule has 0 aromatic carbocycles.